The fraction of sp³-hybridized carbons (Fsp3) is 0.143. The minimum absolute atomic E-state index is 0.00577. The van der Waals surface area contributed by atoms with Crippen molar-refractivity contribution in [3.63, 3.8) is 0 Å². The Bertz CT molecular complexity index is 977. The van der Waals surface area contributed by atoms with Gasteiger partial charge in [0.1, 0.15) is 17.3 Å². The van der Waals surface area contributed by atoms with Crippen molar-refractivity contribution in [2.24, 2.45) is 16.5 Å². The predicted molar refractivity (Wildman–Crippen MR) is 104 cm³/mol. The van der Waals surface area contributed by atoms with Gasteiger partial charge in [-0.2, -0.15) is 0 Å². The van der Waals surface area contributed by atoms with E-state index in [4.69, 9.17) is 16.2 Å². The van der Waals surface area contributed by atoms with Gasteiger partial charge in [0.15, 0.2) is 5.78 Å². The Morgan fingerprint density at radius 1 is 1.07 bits per heavy atom. The number of hydrogen-bond acceptors (Lipinski definition) is 6. The number of rotatable bonds is 3. The number of para-hydroxylation sites is 1. The second-order valence-corrected chi connectivity index (χ2v) is 6.43. The van der Waals surface area contributed by atoms with Gasteiger partial charge in [0.25, 0.3) is 0 Å². The van der Waals surface area contributed by atoms with Gasteiger partial charge in [-0.3, -0.25) is 4.79 Å². The van der Waals surface area contributed by atoms with Gasteiger partial charge in [0, 0.05) is 29.8 Å². The van der Waals surface area contributed by atoms with E-state index in [1.165, 1.54) is 6.20 Å². The van der Waals surface area contributed by atoms with Crippen molar-refractivity contribution in [2.45, 2.75) is 5.92 Å². The zero-order valence-electron chi connectivity index (χ0n) is 14.7. The molecule has 2 aliphatic heterocycles. The van der Waals surface area contributed by atoms with E-state index in [2.05, 4.69) is 10.3 Å². The largest absolute Gasteiger partial charge is 0.457 e. The molecule has 0 fully saturated rings. The molecular weight excluding hydrogens is 340 g/mol. The minimum atomic E-state index is -0.351. The fourth-order valence-corrected chi connectivity index (χ4v) is 3.50. The highest BCUT2D eigenvalue weighted by molar-refractivity contribution is 6.08. The normalized spacial score (nSPS) is 21.0. The minimum Gasteiger partial charge on any atom is -0.457 e. The molecule has 2 heterocycles. The predicted octanol–water partition coefficient (Wildman–Crippen LogP) is 2.20. The molecular formula is C21H20N4O2. The van der Waals surface area contributed by atoms with Crippen LogP contribution in [0.1, 0.15) is 11.5 Å². The van der Waals surface area contributed by atoms with Crippen LogP contribution in [0.5, 0.6) is 11.5 Å². The lowest BCUT2D eigenvalue weighted by Gasteiger charge is -2.31. The fourth-order valence-electron chi connectivity index (χ4n) is 3.50. The number of ketones is 1. The van der Waals surface area contributed by atoms with Crippen LogP contribution >= 0.6 is 0 Å². The maximum atomic E-state index is 12.6. The Labute approximate surface area is 157 Å². The number of nitrogens with two attached hydrogens (primary N) is 2. The van der Waals surface area contributed by atoms with E-state index in [1.807, 2.05) is 54.6 Å². The summed E-state index contributed by atoms with van der Waals surface area (Å²) in [5, 5.41) is 3.06. The van der Waals surface area contributed by atoms with E-state index in [0.717, 1.165) is 11.3 Å². The summed E-state index contributed by atoms with van der Waals surface area (Å²) in [7, 11) is 0. The van der Waals surface area contributed by atoms with Crippen molar-refractivity contribution >= 4 is 11.6 Å². The molecule has 0 radical (unpaired) electrons. The Morgan fingerprint density at radius 3 is 2.63 bits per heavy atom. The molecule has 2 aliphatic rings. The monoisotopic (exact) mass is 360 g/mol. The molecule has 136 valence electrons. The molecule has 27 heavy (non-hydrogen) atoms. The maximum absolute atomic E-state index is 12.6. The molecule has 2 aromatic carbocycles. The van der Waals surface area contributed by atoms with Gasteiger partial charge in [0.2, 0.25) is 0 Å². The first-order valence-corrected chi connectivity index (χ1v) is 8.73. The highest BCUT2D eigenvalue weighted by Gasteiger charge is 2.35. The van der Waals surface area contributed by atoms with E-state index in [-0.39, 0.29) is 18.2 Å². The topological polar surface area (TPSA) is 103 Å². The van der Waals surface area contributed by atoms with Crippen molar-refractivity contribution in [1.82, 2.24) is 5.32 Å². The van der Waals surface area contributed by atoms with Gasteiger partial charge in [-0.25, -0.2) is 4.99 Å². The molecule has 0 aliphatic carbocycles. The van der Waals surface area contributed by atoms with Crippen LogP contribution < -0.4 is 21.5 Å². The van der Waals surface area contributed by atoms with Crippen molar-refractivity contribution in [3.05, 3.63) is 83.2 Å². The second kappa shape index (κ2) is 7.09. The molecule has 0 amide bonds. The Morgan fingerprint density at radius 2 is 1.85 bits per heavy atom. The number of amidine groups is 1. The number of carbonyl (C=O) groups is 1. The van der Waals surface area contributed by atoms with E-state index < -0.39 is 0 Å². The summed E-state index contributed by atoms with van der Waals surface area (Å²) in [6.07, 6.45) is 1.44. The zero-order valence-corrected chi connectivity index (χ0v) is 14.7. The molecule has 0 saturated heterocycles. The lowest BCUT2D eigenvalue weighted by atomic mass is 9.78. The highest BCUT2D eigenvalue weighted by Crippen LogP contribution is 2.39. The van der Waals surface area contributed by atoms with Crippen LogP contribution in [0.4, 0.5) is 0 Å². The summed E-state index contributed by atoms with van der Waals surface area (Å²) >= 11 is 0. The summed E-state index contributed by atoms with van der Waals surface area (Å²) in [5.74, 6) is 1.42. The first kappa shape index (κ1) is 17.1. The number of carbonyl (C=O) groups excluding carboxylic acids is 1. The third kappa shape index (κ3) is 3.22. The zero-order chi connectivity index (χ0) is 18.8. The van der Waals surface area contributed by atoms with E-state index in [1.54, 1.807) is 0 Å². The summed E-state index contributed by atoms with van der Waals surface area (Å²) < 4.78 is 5.94. The Hall–Kier alpha value is -3.38. The van der Waals surface area contributed by atoms with Crippen molar-refractivity contribution in [2.75, 3.05) is 13.1 Å². The van der Waals surface area contributed by atoms with Crippen LogP contribution in [-0.4, -0.2) is 24.7 Å². The number of nitrogens with zero attached hydrogens (tertiary/aromatic N) is 1. The molecule has 6 heteroatoms. The standard InChI is InChI=1S/C21H20N4O2/c22-10-16-19(20-17(25-21(16)23)11-24-12-18(20)26)13-5-4-8-15(9-13)27-14-6-2-1-3-7-14/h1-10,19,24H,11-12,22H2,(H2,23,25)/b16-10-. The van der Waals surface area contributed by atoms with Crippen molar-refractivity contribution in [3.8, 4) is 11.5 Å². The van der Waals surface area contributed by atoms with Gasteiger partial charge in [0.05, 0.1) is 12.2 Å². The molecule has 4 rings (SSSR count). The molecule has 0 bridgehead atoms. The number of hydrogen-bond donors (Lipinski definition) is 3. The van der Waals surface area contributed by atoms with E-state index >= 15 is 0 Å². The maximum Gasteiger partial charge on any atom is 0.175 e. The lowest BCUT2D eigenvalue weighted by Crippen LogP contribution is -2.39. The summed E-state index contributed by atoms with van der Waals surface area (Å²) in [4.78, 5) is 17.0. The Balaban J connectivity index is 1.76. The van der Waals surface area contributed by atoms with E-state index in [0.29, 0.717) is 35.0 Å². The van der Waals surface area contributed by atoms with Gasteiger partial charge in [-0.1, -0.05) is 30.3 Å². The molecule has 1 unspecified atom stereocenters. The summed E-state index contributed by atoms with van der Waals surface area (Å²) in [6.45, 7) is 0.791. The molecule has 6 nitrogen and oxygen atoms in total. The van der Waals surface area contributed by atoms with Crippen LogP contribution in [0.3, 0.4) is 0 Å². The molecule has 0 aromatic heterocycles. The smallest absolute Gasteiger partial charge is 0.175 e. The van der Waals surface area contributed by atoms with E-state index in [9.17, 15) is 4.79 Å². The average molecular weight is 360 g/mol. The van der Waals surface area contributed by atoms with Crippen molar-refractivity contribution in [1.29, 1.82) is 0 Å². The molecule has 0 saturated carbocycles. The van der Waals surface area contributed by atoms with Crippen LogP contribution in [-0.2, 0) is 4.79 Å². The third-order valence-corrected chi connectivity index (χ3v) is 4.69. The molecule has 2 aromatic rings. The number of Topliss-reactive ketones (excluding diaryl/α,β-unsaturated/α-hetero) is 1. The molecule has 5 N–H and O–H groups in total. The van der Waals surface area contributed by atoms with Gasteiger partial charge >= 0.3 is 0 Å². The SMILES string of the molecule is N/C=C1\C(N)=NC2=C(C(=O)CNC2)C1c1cccc(Oc2ccccc2)c1. The first-order chi connectivity index (χ1) is 13.2. The van der Waals surface area contributed by atoms with Crippen LogP contribution in [0.15, 0.2) is 82.6 Å². The first-order valence-electron chi connectivity index (χ1n) is 8.73. The number of ether oxygens (including phenoxy) is 1. The van der Waals surface area contributed by atoms with Crippen molar-refractivity contribution < 1.29 is 9.53 Å². The summed E-state index contributed by atoms with van der Waals surface area (Å²) in [5.41, 5.74) is 14.8. The second-order valence-electron chi connectivity index (χ2n) is 6.43. The quantitative estimate of drug-likeness (QED) is 0.779. The number of nitrogens with one attached hydrogen (secondary N) is 1. The van der Waals surface area contributed by atoms with Crippen LogP contribution in [0.2, 0.25) is 0 Å². The highest BCUT2D eigenvalue weighted by atomic mass is 16.5. The van der Waals surface area contributed by atoms with Gasteiger partial charge < -0.3 is 21.5 Å². The summed E-state index contributed by atoms with van der Waals surface area (Å²) in [6, 6.07) is 17.2. The molecule has 1 atom stereocenters. The van der Waals surface area contributed by atoms with Crippen LogP contribution in [0.25, 0.3) is 0 Å². The third-order valence-electron chi connectivity index (χ3n) is 4.69. The van der Waals surface area contributed by atoms with Crippen LogP contribution in [0, 0.1) is 0 Å². The molecule has 0 spiro atoms. The van der Waals surface area contributed by atoms with Gasteiger partial charge in [-0.05, 0) is 29.8 Å². The lowest BCUT2D eigenvalue weighted by molar-refractivity contribution is -0.115. The number of benzene rings is 2. The van der Waals surface area contributed by atoms with Gasteiger partial charge in [-0.15, -0.1) is 0 Å². The average Bonchev–Trinajstić information content (AvgIpc) is 2.68. The Kier molecular flexibility index (Phi) is 4.48. The number of aliphatic imine (C=N–C) groups is 1.